The van der Waals surface area contributed by atoms with Crippen molar-refractivity contribution in [2.75, 3.05) is 0 Å². The Morgan fingerprint density at radius 1 is 0.730 bits per heavy atom. The monoisotopic (exact) mass is 1020 g/mol. The fourth-order valence-electron chi connectivity index (χ4n) is 10.2. The van der Waals surface area contributed by atoms with Crippen LogP contribution in [-0.4, -0.2) is 21.0 Å². The normalized spacial score (nSPS) is 19.8. The molecule has 1 aliphatic carbocycles. The van der Waals surface area contributed by atoms with Gasteiger partial charge in [0.1, 0.15) is 11.5 Å². The first kappa shape index (κ1) is 42.0. The van der Waals surface area contributed by atoms with E-state index in [-0.39, 0.29) is 31.9 Å². The van der Waals surface area contributed by atoms with Crippen LogP contribution in [0.2, 0.25) is 0 Å². The summed E-state index contributed by atoms with van der Waals surface area (Å²) in [4.78, 5) is 10.3. The van der Waals surface area contributed by atoms with E-state index in [9.17, 15) is 2.74 Å². The molecule has 5 aromatic carbocycles. The van der Waals surface area contributed by atoms with Crippen LogP contribution in [0.4, 0.5) is 0 Å². The second kappa shape index (κ2) is 15.0. The Labute approximate surface area is 392 Å². The molecule has 0 unspecified atom stereocenters. The molecule has 5 nitrogen and oxygen atoms in total. The number of ether oxygens (including phenoxy) is 2. The SMILES string of the molecule is [2H]C1([2H])c2cc(C)c(C)cc2[C@]2(C(C)(C)C)OC(c3[c-]c(Oc4[c-]c(-n5c6ccc(C(C)(C)C)cc6c6cccnc65)cc(C(C)(C)C)c4)cc(-c4c(C)cc(C)cc4C)c3)=N[C@]12C.[Pt+2]. The molecule has 6 heteroatoms. The van der Waals surface area contributed by atoms with Gasteiger partial charge in [-0.25, -0.2) is 4.98 Å². The predicted octanol–water partition coefficient (Wildman–Crippen LogP) is 14.4. The van der Waals surface area contributed by atoms with Crippen molar-refractivity contribution >= 4 is 27.8 Å². The maximum Gasteiger partial charge on any atom is 2.00 e. The summed E-state index contributed by atoms with van der Waals surface area (Å²) in [6, 6.07) is 35.1. The molecule has 9 rings (SSSR count). The van der Waals surface area contributed by atoms with Crippen molar-refractivity contribution < 1.29 is 33.3 Å². The number of nitrogens with zero attached hydrogens (tertiary/aromatic N) is 3. The molecule has 0 saturated heterocycles. The first-order chi connectivity index (χ1) is 29.7. The number of rotatable bonds is 5. The van der Waals surface area contributed by atoms with Gasteiger partial charge in [-0.1, -0.05) is 127 Å². The van der Waals surface area contributed by atoms with Crippen LogP contribution in [0.25, 0.3) is 38.8 Å². The first-order valence-corrected chi connectivity index (χ1v) is 22.0. The van der Waals surface area contributed by atoms with Crippen molar-refractivity contribution in [3.8, 4) is 28.3 Å². The summed E-state index contributed by atoms with van der Waals surface area (Å²) in [7, 11) is 0. The van der Waals surface area contributed by atoms with Crippen LogP contribution in [0.5, 0.6) is 11.5 Å². The molecule has 0 spiro atoms. The zero-order valence-electron chi connectivity index (χ0n) is 41.6. The molecule has 0 bridgehead atoms. The molecule has 1 aliphatic heterocycles. The van der Waals surface area contributed by atoms with Crippen molar-refractivity contribution in [2.45, 2.75) is 132 Å². The molecule has 0 N–H and O–H groups in total. The number of pyridine rings is 1. The predicted molar refractivity (Wildman–Crippen MR) is 257 cm³/mol. The van der Waals surface area contributed by atoms with Crippen LogP contribution in [-0.2, 0) is 48.6 Å². The fourth-order valence-corrected chi connectivity index (χ4v) is 10.2. The van der Waals surface area contributed by atoms with E-state index in [4.69, 9.17) is 19.5 Å². The van der Waals surface area contributed by atoms with Crippen LogP contribution in [0, 0.1) is 52.2 Å². The molecule has 3 heterocycles. The van der Waals surface area contributed by atoms with E-state index in [1.165, 1.54) is 11.1 Å². The summed E-state index contributed by atoms with van der Waals surface area (Å²) in [5, 5.41) is 2.22. The average molecular weight is 1020 g/mol. The van der Waals surface area contributed by atoms with E-state index < -0.39 is 22.9 Å². The van der Waals surface area contributed by atoms with Crippen molar-refractivity contribution in [2.24, 2.45) is 10.4 Å². The van der Waals surface area contributed by atoms with E-state index in [0.717, 1.165) is 72.1 Å². The second-order valence-electron chi connectivity index (χ2n) is 21.2. The Morgan fingerprint density at radius 3 is 2.06 bits per heavy atom. The van der Waals surface area contributed by atoms with Gasteiger partial charge in [-0.3, -0.25) is 4.99 Å². The van der Waals surface area contributed by atoms with Crippen LogP contribution < -0.4 is 4.74 Å². The standard InChI is InChI=1S/C57H61N3O2.Pt/c1-33-21-36(4)50(37(5)22-33)38-25-39(52-59-56(15)32-40-23-34(2)35(3)24-48(40)57(56,62-52)55(12,13)14)27-44(26-38)61-45-29-42(54(9,10)11)28-43(31-45)60-49-19-18-41(53(6,7)8)30-47(49)46-17-16-20-58-51(46)60;/h16-26,28-30H,32H2,1-15H3;/q-2;+2/t56-,57-;/m1./s1/i32D2;. The first-order valence-electron chi connectivity index (χ1n) is 23.0. The van der Waals surface area contributed by atoms with Crippen LogP contribution >= 0.6 is 0 Å². The van der Waals surface area contributed by atoms with Gasteiger partial charge in [0.25, 0.3) is 0 Å². The van der Waals surface area contributed by atoms with E-state index >= 15 is 0 Å². The number of hydrogen-bond donors (Lipinski definition) is 0. The van der Waals surface area contributed by atoms with Gasteiger partial charge in [-0.2, -0.15) is 0 Å². The molecule has 7 aromatic rings. The minimum Gasteiger partial charge on any atom is -0.507 e. The number of aryl methyl sites for hydroxylation is 5. The van der Waals surface area contributed by atoms with E-state index in [2.05, 4.69) is 167 Å². The smallest absolute Gasteiger partial charge is 0.507 e. The molecule has 326 valence electrons. The van der Waals surface area contributed by atoms with E-state index in [0.29, 0.717) is 28.5 Å². The van der Waals surface area contributed by atoms with Crippen molar-refractivity contribution in [1.29, 1.82) is 0 Å². The number of aliphatic imine (C=N–C) groups is 1. The largest absolute Gasteiger partial charge is 2.00 e. The summed E-state index contributed by atoms with van der Waals surface area (Å²) >= 11 is 0. The number of benzene rings is 5. The third-order valence-electron chi connectivity index (χ3n) is 13.3. The van der Waals surface area contributed by atoms with Crippen molar-refractivity contribution in [1.82, 2.24) is 9.55 Å². The molecular formula is C57H61N3O2Pt. The molecule has 2 atom stereocenters. The maximum atomic E-state index is 9.78. The van der Waals surface area contributed by atoms with Crippen LogP contribution in [0.15, 0.2) is 90.1 Å². The molecule has 0 fully saturated rings. The molecule has 0 radical (unpaired) electrons. The zero-order chi connectivity index (χ0) is 46.3. The Balaban J connectivity index is 0.00000576. The van der Waals surface area contributed by atoms with Gasteiger partial charge in [0.2, 0.25) is 0 Å². The Hall–Kier alpha value is -4.99. The van der Waals surface area contributed by atoms with Gasteiger partial charge in [-0.05, 0) is 116 Å². The Morgan fingerprint density at radius 2 is 1.40 bits per heavy atom. The topological polar surface area (TPSA) is 48.6 Å². The third-order valence-corrected chi connectivity index (χ3v) is 13.3. The van der Waals surface area contributed by atoms with Crippen LogP contribution in [0.3, 0.4) is 0 Å². The quantitative estimate of drug-likeness (QED) is 0.161. The zero-order valence-corrected chi connectivity index (χ0v) is 41.8. The number of aromatic nitrogens is 2. The summed E-state index contributed by atoms with van der Waals surface area (Å²) < 4.78 is 36.1. The van der Waals surface area contributed by atoms with Gasteiger partial charge in [0.15, 0.2) is 5.60 Å². The average Bonchev–Trinajstić information content (AvgIpc) is 3.75. The summed E-state index contributed by atoms with van der Waals surface area (Å²) in [6.45, 7) is 32.2. The Bertz CT molecular complexity index is 3100. The van der Waals surface area contributed by atoms with Crippen molar-refractivity contribution in [3.63, 3.8) is 0 Å². The molecule has 0 amide bonds. The van der Waals surface area contributed by atoms with Gasteiger partial charge in [0.05, 0.1) is 11.1 Å². The minimum atomic E-state index is -1.83. The Kier molecular flexibility index (Phi) is 10.0. The molecule has 63 heavy (non-hydrogen) atoms. The fraction of sp³-hybridized carbons (Fsp3) is 0.368. The van der Waals surface area contributed by atoms with Gasteiger partial charge < -0.3 is 14.0 Å². The number of fused-ring (bicyclic) bond motifs is 6. The second-order valence-corrected chi connectivity index (χ2v) is 21.2. The molecule has 2 aliphatic rings. The minimum absolute atomic E-state index is 0. The van der Waals surface area contributed by atoms with Crippen LogP contribution in [0.1, 0.15) is 128 Å². The number of hydrogen-bond acceptors (Lipinski definition) is 4. The van der Waals surface area contributed by atoms with Gasteiger partial charge >= 0.3 is 21.1 Å². The van der Waals surface area contributed by atoms with E-state index in [1.54, 1.807) is 0 Å². The van der Waals surface area contributed by atoms with E-state index in [1.807, 2.05) is 38.2 Å². The molecule has 2 aromatic heterocycles. The van der Waals surface area contributed by atoms with Gasteiger partial charge in [-0.15, -0.1) is 29.8 Å². The summed E-state index contributed by atoms with van der Waals surface area (Å²) in [5.74, 6) is 1.36. The summed E-state index contributed by atoms with van der Waals surface area (Å²) in [6.07, 6.45) is 0.0224. The van der Waals surface area contributed by atoms with Gasteiger partial charge in [0, 0.05) is 48.6 Å². The third kappa shape index (κ3) is 7.27. The van der Waals surface area contributed by atoms with Crippen molar-refractivity contribution in [3.05, 3.63) is 153 Å². The maximum absolute atomic E-state index is 9.78. The molecular weight excluding hydrogens is 954 g/mol. The molecule has 0 saturated carbocycles. The summed E-state index contributed by atoms with van der Waals surface area (Å²) in [5.41, 5.74) is 11.6.